The van der Waals surface area contributed by atoms with Crippen LogP contribution in [0.5, 0.6) is 0 Å². The second-order valence-corrected chi connectivity index (χ2v) is 6.68. The number of rotatable bonds is 3. The van der Waals surface area contributed by atoms with E-state index in [1.54, 1.807) is 18.2 Å². The van der Waals surface area contributed by atoms with Gasteiger partial charge < -0.3 is 15.5 Å². The van der Waals surface area contributed by atoms with E-state index < -0.39 is 0 Å². The van der Waals surface area contributed by atoms with Crippen molar-refractivity contribution in [1.82, 2.24) is 0 Å². The largest absolute Gasteiger partial charge is 0.372 e. The average molecular weight is 343 g/mol. The first kappa shape index (κ1) is 16.7. The number of piperidine rings is 1. The molecule has 2 aromatic rings. The van der Waals surface area contributed by atoms with Crippen LogP contribution < -0.4 is 15.5 Å². The summed E-state index contributed by atoms with van der Waals surface area (Å²) in [6, 6.07) is 14.7. The molecule has 1 fully saturated rings. The van der Waals surface area contributed by atoms with E-state index in [-0.39, 0.29) is 5.82 Å². The molecule has 0 atom stereocenters. The highest BCUT2D eigenvalue weighted by Gasteiger charge is 2.15. The van der Waals surface area contributed by atoms with Crippen LogP contribution >= 0.6 is 12.2 Å². The van der Waals surface area contributed by atoms with Crippen LogP contribution in [0, 0.1) is 11.7 Å². The van der Waals surface area contributed by atoms with Gasteiger partial charge >= 0.3 is 0 Å². The van der Waals surface area contributed by atoms with Crippen LogP contribution in [0.25, 0.3) is 0 Å². The molecule has 3 nitrogen and oxygen atoms in total. The molecule has 2 aromatic carbocycles. The molecule has 2 N–H and O–H groups in total. The molecule has 3 rings (SSSR count). The number of halogens is 1. The lowest BCUT2D eigenvalue weighted by Gasteiger charge is -2.32. The smallest absolute Gasteiger partial charge is 0.175 e. The maximum atomic E-state index is 13.6. The second kappa shape index (κ2) is 7.62. The summed E-state index contributed by atoms with van der Waals surface area (Å²) < 4.78 is 13.6. The van der Waals surface area contributed by atoms with Crippen molar-refractivity contribution < 1.29 is 4.39 Å². The first-order chi connectivity index (χ1) is 11.6. The van der Waals surface area contributed by atoms with Gasteiger partial charge in [-0.25, -0.2) is 4.39 Å². The SMILES string of the molecule is CC1CCN(c2ccc(NC(=S)Nc3ccccc3F)cc2)CC1. The molecule has 126 valence electrons. The quantitative estimate of drug-likeness (QED) is 0.778. The number of nitrogens with zero attached hydrogens (tertiary/aromatic N) is 1. The fraction of sp³-hybridized carbons (Fsp3) is 0.316. The Morgan fingerprint density at radius 1 is 1.04 bits per heavy atom. The number of para-hydroxylation sites is 1. The summed E-state index contributed by atoms with van der Waals surface area (Å²) in [7, 11) is 0. The number of anilines is 3. The van der Waals surface area contributed by atoms with Gasteiger partial charge in [0.15, 0.2) is 5.11 Å². The first-order valence-corrected chi connectivity index (χ1v) is 8.70. The third kappa shape index (κ3) is 4.23. The van der Waals surface area contributed by atoms with Crippen molar-refractivity contribution in [2.75, 3.05) is 28.6 Å². The molecule has 0 aromatic heterocycles. The van der Waals surface area contributed by atoms with Gasteiger partial charge in [0.2, 0.25) is 0 Å². The Balaban J connectivity index is 1.58. The highest BCUT2D eigenvalue weighted by atomic mass is 32.1. The van der Waals surface area contributed by atoms with Crippen LogP contribution in [-0.4, -0.2) is 18.2 Å². The molecular weight excluding hydrogens is 321 g/mol. The molecule has 5 heteroatoms. The Hall–Kier alpha value is -2.14. The Kier molecular flexibility index (Phi) is 5.30. The number of nitrogens with one attached hydrogen (secondary N) is 2. The topological polar surface area (TPSA) is 27.3 Å². The zero-order valence-electron chi connectivity index (χ0n) is 13.8. The lowest BCUT2D eigenvalue weighted by molar-refractivity contribution is 0.438. The van der Waals surface area contributed by atoms with Crippen LogP contribution in [0.4, 0.5) is 21.5 Å². The van der Waals surface area contributed by atoms with Crippen molar-refractivity contribution >= 4 is 34.4 Å². The van der Waals surface area contributed by atoms with Gasteiger partial charge in [0.1, 0.15) is 5.82 Å². The maximum absolute atomic E-state index is 13.6. The highest BCUT2D eigenvalue weighted by Crippen LogP contribution is 2.24. The molecule has 0 aliphatic carbocycles. The molecule has 0 amide bonds. The molecule has 1 aliphatic heterocycles. The van der Waals surface area contributed by atoms with Crippen LogP contribution in [0.1, 0.15) is 19.8 Å². The van der Waals surface area contributed by atoms with Crippen molar-refractivity contribution in [3.63, 3.8) is 0 Å². The van der Waals surface area contributed by atoms with Crippen molar-refractivity contribution in [2.45, 2.75) is 19.8 Å². The minimum absolute atomic E-state index is 0.323. The van der Waals surface area contributed by atoms with Crippen molar-refractivity contribution in [2.24, 2.45) is 5.92 Å². The predicted molar refractivity (Wildman–Crippen MR) is 103 cm³/mol. The summed E-state index contributed by atoms with van der Waals surface area (Å²) in [6.45, 7) is 4.54. The van der Waals surface area contributed by atoms with E-state index in [9.17, 15) is 4.39 Å². The van der Waals surface area contributed by atoms with Gasteiger partial charge in [0, 0.05) is 24.5 Å². The van der Waals surface area contributed by atoms with E-state index >= 15 is 0 Å². The van der Waals surface area contributed by atoms with Gasteiger partial charge in [0.05, 0.1) is 5.69 Å². The second-order valence-electron chi connectivity index (χ2n) is 6.28. The number of benzene rings is 2. The van der Waals surface area contributed by atoms with Crippen LogP contribution in [-0.2, 0) is 0 Å². The lowest BCUT2D eigenvalue weighted by Crippen LogP contribution is -2.32. The Morgan fingerprint density at radius 3 is 2.38 bits per heavy atom. The zero-order valence-corrected chi connectivity index (χ0v) is 14.6. The monoisotopic (exact) mass is 343 g/mol. The summed E-state index contributed by atoms with van der Waals surface area (Å²) >= 11 is 5.25. The van der Waals surface area contributed by atoms with Crippen molar-refractivity contribution in [1.29, 1.82) is 0 Å². The van der Waals surface area contributed by atoms with E-state index in [1.807, 2.05) is 12.1 Å². The summed E-state index contributed by atoms with van der Waals surface area (Å²) in [5.41, 5.74) is 2.49. The van der Waals surface area contributed by atoms with Gasteiger partial charge in [-0.05, 0) is 67.4 Å². The van der Waals surface area contributed by atoms with E-state index in [4.69, 9.17) is 12.2 Å². The number of hydrogen-bond donors (Lipinski definition) is 2. The molecule has 0 bridgehead atoms. The molecule has 0 radical (unpaired) electrons. The fourth-order valence-corrected chi connectivity index (χ4v) is 3.10. The van der Waals surface area contributed by atoms with Crippen LogP contribution in [0.2, 0.25) is 0 Å². The van der Waals surface area contributed by atoms with Gasteiger partial charge in [-0.2, -0.15) is 0 Å². The molecule has 0 unspecified atom stereocenters. The average Bonchev–Trinajstić information content (AvgIpc) is 2.58. The third-order valence-electron chi connectivity index (χ3n) is 4.40. The molecule has 24 heavy (non-hydrogen) atoms. The standard InChI is InChI=1S/C19H22FN3S/c1-14-10-12-23(13-11-14)16-8-6-15(7-9-16)21-19(24)22-18-5-3-2-4-17(18)20/h2-9,14H,10-13H2,1H3,(H2,21,22,24). The Labute approximate surface area is 147 Å². The number of hydrogen-bond acceptors (Lipinski definition) is 2. The highest BCUT2D eigenvalue weighted by molar-refractivity contribution is 7.80. The minimum atomic E-state index is -0.323. The maximum Gasteiger partial charge on any atom is 0.175 e. The molecular formula is C19H22FN3S. The zero-order chi connectivity index (χ0) is 16.9. The summed E-state index contributed by atoms with van der Waals surface area (Å²) in [6.07, 6.45) is 2.49. The van der Waals surface area contributed by atoms with Gasteiger partial charge in [-0.3, -0.25) is 0 Å². The normalized spacial score (nSPS) is 15.2. The van der Waals surface area contributed by atoms with Crippen LogP contribution in [0.3, 0.4) is 0 Å². The van der Waals surface area contributed by atoms with E-state index in [0.29, 0.717) is 10.8 Å². The molecule has 1 aliphatic rings. The lowest BCUT2D eigenvalue weighted by atomic mass is 9.99. The molecule has 1 saturated heterocycles. The first-order valence-electron chi connectivity index (χ1n) is 8.29. The summed E-state index contributed by atoms with van der Waals surface area (Å²) in [5.74, 6) is 0.500. The molecule has 0 spiro atoms. The van der Waals surface area contributed by atoms with Gasteiger partial charge in [-0.15, -0.1) is 0 Å². The molecule has 0 saturated carbocycles. The van der Waals surface area contributed by atoms with E-state index in [1.165, 1.54) is 24.6 Å². The molecule has 1 heterocycles. The van der Waals surface area contributed by atoms with E-state index in [0.717, 1.165) is 24.7 Å². The third-order valence-corrected chi connectivity index (χ3v) is 4.60. The predicted octanol–water partition coefficient (Wildman–Crippen LogP) is 4.87. The Morgan fingerprint density at radius 2 is 1.71 bits per heavy atom. The van der Waals surface area contributed by atoms with E-state index in [2.05, 4.69) is 34.6 Å². The van der Waals surface area contributed by atoms with Crippen LogP contribution in [0.15, 0.2) is 48.5 Å². The summed E-state index contributed by atoms with van der Waals surface area (Å²) in [5, 5.41) is 6.34. The minimum Gasteiger partial charge on any atom is -0.372 e. The van der Waals surface area contributed by atoms with Gasteiger partial charge in [-0.1, -0.05) is 19.1 Å². The van der Waals surface area contributed by atoms with Gasteiger partial charge in [0.25, 0.3) is 0 Å². The Bertz CT molecular complexity index is 694. The van der Waals surface area contributed by atoms with Crippen molar-refractivity contribution in [3.05, 3.63) is 54.3 Å². The summed E-state index contributed by atoms with van der Waals surface area (Å²) in [4.78, 5) is 2.42. The number of thiocarbonyl (C=S) groups is 1. The van der Waals surface area contributed by atoms with Crippen molar-refractivity contribution in [3.8, 4) is 0 Å². The fourth-order valence-electron chi connectivity index (χ4n) is 2.87.